The van der Waals surface area contributed by atoms with Crippen molar-refractivity contribution >= 4 is 17.6 Å². The van der Waals surface area contributed by atoms with E-state index in [2.05, 4.69) is 0 Å². The van der Waals surface area contributed by atoms with Gasteiger partial charge in [0.2, 0.25) is 0 Å². The number of carboxylic acids is 1. The van der Waals surface area contributed by atoms with Crippen LogP contribution < -0.4 is 4.74 Å². The van der Waals surface area contributed by atoms with Crippen LogP contribution in [-0.2, 0) is 11.2 Å². The van der Waals surface area contributed by atoms with E-state index in [1.54, 1.807) is 14.0 Å². The van der Waals surface area contributed by atoms with Gasteiger partial charge in [-0.3, -0.25) is 4.79 Å². The maximum Gasteiger partial charge on any atom is 0.306 e. The highest BCUT2D eigenvalue weighted by atomic mass is 35.5. The molecule has 17 heavy (non-hydrogen) atoms. The number of halogens is 1. The van der Waals surface area contributed by atoms with Crippen molar-refractivity contribution in [2.24, 2.45) is 5.92 Å². The molecular formula is C13H17ClO3. The van der Waals surface area contributed by atoms with Gasteiger partial charge in [-0.25, -0.2) is 0 Å². The zero-order chi connectivity index (χ0) is 13.2. The zero-order valence-electron chi connectivity index (χ0n) is 10.5. The van der Waals surface area contributed by atoms with E-state index < -0.39 is 11.9 Å². The van der Waals surface area contributed by atoms with E-state index in [-0.39, 0.29) is 0 Å². The topological polar surface area (TPSA) is 46.5 Å². The quantitative estimate of drug-likeness (QED) is 0.900. The van der Waals surface area contributed by atoms with Crippen molar-refractivity contribution in [1.29, 1.82) is 0 Å². The molecule has 0 saturated carbocycles. The van der Waals surface area contributed by atoms with Gasteiger partial charge < -0.3 is 9.84 Å². The fraction of sp³-hybridized carbons (Fsp3) is 0.462. The Bertz CT molecular complexity index is 441. The predicted octanol–water partition coefficient (Wildman–Crippen LogP) is 3.23. The number of carboxylic acid groups (broad SMARTS) is 1. The van der Waals surface area contributed by atoms with E-state index in [0.29, 0.717) is 17.2 Å². The highest BCUT2D eigenvalue weighted by Gasteiger charge is 2.19. The van der Waals surface area contributed by atoms with Crippen LogP contribution in [0.1, 0.15) is 23.6 Å². The lowest BCUT2D eigenvalue weighted by Gasteiger charge is -2.17. The van der Waals surface area contributed by atoms with Gasteiger partial charge >= 0.3 is 5.97 Å². The Morgan fingerprint density at radius 1 is 1.53 bits per heavy atom. The van der Waals surface area contributed by atoms with Crippen LogP contribution in [-0.4, -0.2) is 18.2 Å². The average Bonchev–Trinajstić information content (AvgIpc) is 2.25. The molecule has 0 amide bonds. The number of hydrogen-bond donors (Lipinski definition) is 1. The maximum atomic E-state index is 10.9. The van der Waals surface area contributed by atoms with Crippen LogP contribution in [0.25, 0.3) is 0 Å². The number of ether oxygens (including phenoxy) is 1. The van der Waals surface area contributed by atoms with Gasteiger partial charge in [0.1, 0.15) is 5.75 Å². The van der Waals surface area contributed by atoms with E-state index in [1.165, 1.54) is 0 Å². The van der Waals surface area contributed by atoms with Gasteiger partial charge in [0.15, 0.2) is 0 Å². The van der Waals surface area contributed by atoms with E-state index >= 15 is 0 Å². The van der Waals surface area contributed by atoms with Gasteiger partial charge in [-0.1, -0.05) is 18.5 Å². The molecule has 0 radical (unpaired) electrons. The molecule has 0 aliphatic heterocycles. The summed E-state index contributed by atoms with van der Waals surface area (Å²) in [6.45, 7) is 5.59. The third kappa shape index (κ3) is 2.91. The minimum Gasteiger partial charge on any atom is -0.495 e. The third-order valence-corrected chi connectivity index (χ3v) is 3.30. The van der Waals surface area contributed by atoms with Gasteiger partial charge in [-0.2, -0.15) is 0 Å². The van der Waals surface area contributed by atoms with Crippen LogP contribution in [0.3, 0.4) is 0 Å². The van der Waals surface area contributed by atoms with Crippen LogP contribution in [0.15, 0.2) is 6.07 Å². The van der Waals surface area contributed by atoms with Crippen LogP contribution in [0.5, 0.6) is 5.75 Å². The first-order valence-electron chi connectivity index (χ1n) is 5.43. The number of benzene rings is 1. The number of aliphatic carboxylic acids is 1. The van der Waals surface area contributed by atoms with Gasteiger partial charge in [0.05, 0.1) is 18.1 Å². The van der Waals surface area contributed by atoms with Gasteiger partial charge in [0, 0.05) is 0 Å². The van der Waals surface area contributed by atoms with Crippen molar-refractivity contribution in [3.8, 4) is 5.75 Å². The van der Waals surface area contributed by atoms with Crippen molar-refractivity contribution in [1.82, 2.24) is 0 Å². The van der Waals surface area contributed by atoms with E-state index in [4.69, 9.17) is 21.4 Å². The minimum absolute atomic E-state index is 0.422. The second-order valence-corrected chi connectivity index (χ2v) is 4.66. The molecule has 0 bridgehead atoms. The molecule has 0 saturated heterocycles. The highest BCUT2D eigenvalue weighted by Crippen LogP contribution is 2.34. The summed E-state index contributed by atoms with van der Waals surface area (Å²) in [6, 6.07) is 1.84. The zero-order valence-corrected chi connectivity index (χ0v) is 11.3. The Morgan fingerprint density at radius 3 is 2.59 bits per heavy atom. The van der Waals surface area contributed by atoms with Crippen LogP contribution >= 0.6 is 11.6 Å². The standard InChI is InChI=1S/C13H17ClO3/c1-7-6-11(14)12(17-4)10(9(7)3)5-8(2)13(15)16/h6,8H,5H2,1-4H3,(H,15,16). The lowest BCUT2D eigenvalue weighted by Crippen LogP contribution is -2.14. The lowest BCUT2D eigenvalue weighted by atomic mass is 9.94. The molecule has 1 aromatic rings. The normalized spacial score (nSPS) is 12.3. The molecule has 0 aliphatic carbocycles. The first-order chi connectivity index (χ1) is 7.88. The molecule has 0 fully saturated rings. The monoisotopic (exact) mass is 256 g/mol. The molecule has 94 valence electrons. The fourth-order valence-electron chi connectivity index (χ4n) is 1.78. The number of carbonyl (C=O) groups is 1. The van der Waals surface area contributed by atoms with Gasteiger partial charge in [0.25, 0.3) is 0 Å². The summed E-state index contributed by atoms with van der Waals surface area (Å²) >= 11 is 6.10. The van der Waals surface area contributed by atoms with Gasteiger partial charge in [-0.15, -0.1) is 0 Å². The Hall–Kier alpha value is -1.22. The molecule has 0 spiro atoms. The number of methoxy groups -OCH3 is 1. The van der Waals surface area contributed by atoms with E-state index in [1.807, 2.05) is 19.9 Å². The van der Waals surface area contributed by atoms with Crippen molar-refractivity contribution in [3.63, 3.8) is 0 Å². The minimum atomic E-state index is -0.816. The SMILES string of the molecule is COc1c(Cl)cc(C)c(C)c1CC(C)C(=O)O. The molecule has 1 atom stereocenters. The largest absolute Gasteiger partial charge is 0.495 e. The molecule has 1 aromatic carbocycles. The number of aryl methyl sites for hydroxylation is 1. The molecule has 1 unspecified atom stereocenters. The van der Waals surface area contributed by atoms with Crippen molar-refractivity contribution < 1.29 is 14.6 Å². The van der Waals surface area contributed by atoms with Crippen molar-refractivity contribution in [3.05, 3.63) is 27.8 Å². The summed E-state index contributed by atoms with van der Waals surface area (Å²) in [6.07, 6.45) is 0.422. The summed E-state index contributed by atoms with van der Waals surface area (Å²) in [7, 11) is 1.55. The summed E-state index contributed by atoms with van der Waals surface area (Å²) in [5.74, 6) is -0.688. The Balaban J connectivity index is 3.25. The average molecular weight is 257 g/mol. The third-order valence-electron chi connectivity index (χ3n) is 3.01. The summed E-state index contributed by atoms with van der Waals surface area (Å²) in [5.41, 5.74) is 2.97. The summed E-state index contributed by atoms with van der Waals surface area (Å²) in [4.78, 5) is 10.9. The Kier molecular flexibility index (Phi) is 4.40. The smallest absolute Gasteiger partial charge is 0.306 e. The maximum absolute atomic E-state index is 10.9. The van der Waals surface area contributed by atoms with E-state index in [0.717, 1.165) is 16.7 Å². The van der Waals surface area contributed by atoms with Crippen molar-refractivity contribution in [2.45, 2.75) is 27.2 Å². The van der Waals surface area contributed by atoms with Gasteiger partial charge in [-0.05, 0) is 43.0 Å². The fourth-order valence-corrected chi connectivity index (χ4v) is 2.13. The molecule has 3 nitrogen and oxygen atoms in total. The molecule has 0 heterocycles. The first kappa shape index (κ1) is 13.8. The molecule has 4 heteroatoms. The van der Waals surface area contributed by atoms with Crippen LogP contribution in [0.2, 0.25) is 5.02 Å². The van der Waals surface area contributed by atoms with Crippen molar-refractivity contribution in [2.75, 3.05) is 7.11 Å². The highest BCUT2D eigenvalue weighted by molar-refractivity contribution is 6.32. The van der Waals surface area contributed by atoms with E-state index in [9.17, 15) is 4.79 Å². The van der Waals surface area contributed by atoms with Crippen LogP contribution in [0.4, 0.5) is 0 Å². The number of rotatable bonds is 4. The Labute approximate surface area is 106 Å². The number of hydrogen-bond acceptors (Lipinski definition) is 2. The predicted molar refractivity (Wildman–Crippen MR) is 68.0 cm³/mol. The second-order valence-electron chi connectivity index (χ2n) is 4.26. The summed E-state index contributed by atoms with van der Waals surface area (Å²) in [5, 5.41) is 9.49. The molecule has 0 aromatic heterocycles. The first-order valence-corrected chi connectivity index (χ1v) is 5.81. The molecular weight excluding hydrogens is 240 g/mol. The Morgan fingerprint density at radius 2 is 2.12 bits per heavy atom. The molecule has 1 N–H and O–H groups in total. The molecule has 1 rings (SSSR count). The molecule has 0 aliphatic rings. The van der Waals surface area contributed by atoms with Crippen LogP contribution in [0, 0.1) is 19.8 Å². The summed E-state index contributed by atoms with van der Waals surface area (Å²) < 4.78 is 5.27. The second kappa shape index (κ2) is 5.41. The lowest BCUT2D eigenvalue weighted by molar-refractivity contribution is -0.141.